The fourth-order valence-electron chi connectivity index (χ4n) is 1.16. The van der Waals surface area contributed by atoms with Crippen LogP contribution in [0.3, 0.4) is 0 Å². The number of hydrogen-bond donors (Lipinski definition) is 1. The van der Waals surface area contributed by atoms with Crippen molar-refractivity contribution in [3.63, 3.8) is 0 Å². The molecule has 0 radical (unpaired) electrons. The molecule has 1 atom stereocenters. The SMILES string of the molecule is CCC(CNC1CC1)C(=O)OC. The quantitative estimate of drug-likeness (QED) is 0.625. The summed E-state index contributed by atoms with van der Waals surface area (Å²) < 4.78 is 4.68. The van der Waals surface area contributed by atoms with Crippen LogP contribution in [-0.4, -0.2) is 25.7 Å². The van der Waals surface area contributed by atoms with Crippen LogP contribution in [0.25, 0.3) is 0 Å². The number of methoxy groups -OCH3 is 1. The lowest BCUT2D eigenvalue weighted by Crippen LogP contribution is -2.30. The molecule has 3 heteroatoms. The number of rotatable bonds is 5. The third kappa shape index (κ3) is 2.81. The molecule has 70 valence electrons. The molecule has 12 heavy (non-hydrogen) atoms. The predicted octanol–water partition coefficient (Wildman–Crippen LogP) is 0.938. The van der Waals surface area contributed by atoms with E-state index in [1.54, 1.807) is 0 Å². The first-order valence-corrected chi connectivity index (χ1v) is 4.59. The molecular formula is C9H17NO2. The highest BCUT2D eigenvalue weighted by Crippen LogP contribution is 2.19. The number of esters is 1. The highest BCUT2D eigenvalue weighted by atomic mass is 16.5. The molecule has 0 amide bonds. The second-order valence-electron chi connectivity index (χ2n) is 3.31. The minimum atomic E-state index is -0.0920. The molecule has 0 spiro atoms. The van der Waals surface area contributed by atoms with Crippen molar-refractivity contribution in [1.29, 1.82) is 0 Å². The minimum Gasteiger partial charge on any atom is -0.469 e. The largest absolute Gasteiger partial charge is 0.469 e. The normalized spacial score (nSPS) is 18.8. The molecule has 1 aliphatic carbocycles. The van der Waals surface area contributed by atoms with Gasteiger partial charge in [-0.1, -0.05) is 6.92 Å². The van der Waals surface area contributed by atoms with E-state index in [9.17, 15) is 4.79 Å². The van der Waals surface area contributed by atoms with E-state index < -0.39 is 0 Å². The Hall–Kier alpha value is -0.570. The summed E-state index contributed by atoms with van der Waals surface area (Å²) in [7, 11) is 1.45. The summed E-state index contributed by atoms with van der Waals surface area (Å²) in [6.07, 6.45) is 3.38. The van der Waals surface area contributed by atoms with Gasteiger partial charge in [0.1, 0.15) is 0 Å². The summed E-state index contributed by atoms with van der Waals surface area (Å²) >= 11 is 0. The molecule has 0 saturated heterocycles. The Bertz CT molecular complexity index is 155. The molecule has 0 aliphatic heterocycles. The van der Waals surface area contributed by atoms with E-state index in [0.29, 0.717) is 6.04 Å². The molecule has 0 aromatic carbocycles. The van der Waals surface area contributed by atoms with Gasteiger partial charge in [0.2, 0.25) is 0 Å². The smallest absolute Gasteiger partial charge is 0.309 e. The first-order valence-electron chi connectivity index (χ1n) is 4.59. The lowest BCUT2D eigenvalue weighted by Gasteiger charge is -2.12. The van der Waals surface area contributed by atoms with Gasteiger partial charge in [0.05, 0.1) is 13.0 Å². The van der Waals surface area contributed by atoms with Crippen molar-refractivity contribution in [1.82, 2.24) is 5.32 Å². The molecule has 0 heterocycles. The maximum atomic E-state index is 11.1. The summed E-state index contributed by atoms with van der Waals surface area (Å²) in [6.45, 7) is 2.78. The van der Waals surface area contributed by atoms with Gasteiger partial charge in [-0.15, -0.1) is 0 Å². The van der Waals surface area contributed by atoms with Crippen LogP contribution >= 0.6 is 0 Å². The average molecular weight is 171 g/mol. The fourth-order valence-corrected chi connectivity index (χ4v) is 1.16. The standard InChI is InChI=1S/C9H17NO2/c1-3-7(9(11)12-2)6-10-8-4-5-8/h7-8,10H,3-6H2,1-2H3. The van der Waals surface area contributed by atoms with Crippen molar-refractivity contribution in [2.24, 2.45) is 5.92 Å². The molecule has 1 saturated carbocycles. The summed E-state index contributed by atoms with van der Waals surface area (Å²) in [5, 5.41) is 3.32. The Balaban J connectivity index is 2.18. The van der Waals surface area contributed by atoms with Gasteiger partial charge in [-0.3, -0.25) is 4.79 Å². The summed E-state index contributed by atoms with van der Waals surface area (Å²) in [5.74, 6) is -0.0544. The highest BCUT2D eigenvalue weighted by Gasteiger charge is 2.24. The Morgan fingerprint density at radius 1 is 1.67 bits per heavy atom. The molecule has 1 N–H and O–H groups in total. The Labute approximate surface area is 73.5 Å². The van der Waals surface area contributed by atoms with E-state index in [-0.39, 0.29) is 11.9 Å². The predicted molar refractivity (Wildman–Crippen MR) is 46.8 cm³/mol. The maximum absolute atomic E-state index is 11.1. The molecular weight excluding hydrogens is 154 g/mol. The van der Waals surface area contributed by atoms with E-state index in [4.69, 9.17) is 0 Å². The van der Waals surface area contributed by atoms with Crippen molar-refractivity contribution in [3.05, 3.63) is 0 Å². The third-order valence-electron chi connectivity index (χ3n) is 2.26. The maximum Gasteiger partial charge on any atom is 0.309 e. The lowest BCUT2D eigenvalue weighted by atomic mass is 10.1. The van der Waals surface area contributed by atoms with Crippen LogP contribution in [0.1, 0.15) is 26.2 Å². The Morgan fingerprint density at radius 3 is 2.75 bits per heavy atom. The zero-order valence-corrected chi connectivity index (χ0v) is 7.80. The second kappa shape index (κ2) is 4.45. The molecule has 1 fully saturated rings. The van der Waals surface area contributed by atoms with Crippen molar-refractivity contribution < 1.29 is 9.53 Å². The summed E-state index contributed by atoms with van der Waals surface area (Å²) in [6, 6.07) is 0.670. The lowest BCUT2D eigenvalue weighted by molar-refractivity contribution is -0.145. The molecule has 0 bridgehead atoms. The van der Waals surface area contributed by atoms with Gasteiger partial charge in [-0.05, 0) is 19.3 Å². The topological polar surface area (TPSA) is 38.3 Å². The molecule has 1 rings (SSSR count). The zero-order chi connectivity index (χ0) is 8.97. The van der Waals surface area contributed by atoms with Crippen LogP contribution in [0.5, 0.6) is 0 Å². The molecule has 0 aromatic heterocycles. The van der Waals surface area contributed by atoms with Gasteiger partial charge in [0, 0.05) is 12.6 Å². The minimum absolute atomic E-state index is 0.0376. The summed E-state index contributed by atoms with van der Waals surface area (Å²) in [4.78, 5) is 11.1. The first-order chi connectivity index (χ1) is 5.77. The van der Waals surface area contributed by atoms with Gasteiger partial charge in [0.15, 0.2) is 0 Å². The van der Waals surface area contributed by atoms with E-state index in [0.717, 1.165) is 13.0 Å². The van der Waals surface area contributed by atoms with E-state index >= 15 is 0 Å². The number of carbonyl (C=O) groups excluding carboxylic acids is 1. The molecule has 1 aliphatic rings. The highest BCUT2D eigenvalue weighted by molar-refractivity contribution is 5.72. The Morgan fingerprint density at radius 2 is 2.33 bits per heavy atom. The van der Waals surface area contributed by atoms with Crippen molar-refractivity contribution in [2.45, 2.75) is 32.2 Å². The van der Waals surface area contributed by atoms with Crippen LogP contribution in [0.15, 0.2) is 0 Å². The van der Waals surface area contributed by atoms with Crippen molar-refractivity contribution >= 4 is 5.97 Å². The molecule has 0 aromatic rings. The van der Waals surface area contributed by atoms with E-state index in [1.165, 1.54) is 20.0 Å². The van der Waals surface area contributed by atoms with Gasteiger partial charge >= 0.3 is 5.97 Å². The van der Waals surface area contributed by atoms with Gasteiger partial charge < -0.3 is 10.1 Å². The Kier molecular flexibility index (Phi) is 3.53. The van der Waals surface area contributed by atoms with Gasteiger partial charge in [-0.25, -0.2) is 0 Å². The monoisotopic (exact) mass is 171 g/mol. The van der Waals surface area contributed by atoms with Crippen LogP contribution in [-0.2, 0) is 9.53 Å². The average Bonchev–Trinajstić information content (AvgIpc) is 2.88. The second-order valence-corrected chi connectivity index (χ2v) is 3.31. The number of nitrogens with one attached hydrogen (secondary N) is 1. The first kappa shape index (κ1) is 9.52. The number of hydrogen-bond acceptors (Lipinski definition) is 3. The number of ether oxygens (including phenoxy) is 1. The fraction of sp³-hybridized carbons (Fsp3) is 0.889. The van der Waals surface area contributed by atoms with E-state index in [1.807, 2.05) is 6.92 Å². The summed E-state index contributed by atoms with van der Waals surface area (Å²) in [5.41, 5.74) is 0. The van der Waals surface area contributed by atoms with Crippen LogP contribution in [0.2, 0.25) is 0 Å². The van der Waals surface area contributed by atoms with Gasteiger partial charge in [-0.2, -0.15) is 0 Å². The molecule has 3 nitrogen and oxygen atoms in total. The van der Waals surface area contributed by atoms with E-state index in [2.05, 4.69) is 10.1 Å². The number of carbonyl (C=O) groups is 1. The van der Waals surface area contributed by atoms with Crippen LogP contribution in [0, 0.1) is 5.92 Å². The van der Waals surface area contributed by atoms with Crippen LogP contribution in [0.4, 0.5) is 0 Å². The van der Waals surface area contributed by atoms with Crippen molar-refractivity contribution in [3.8, 4) is 0 Å². The van der Waals surface area contributed by atoms with Crippen LogP contribution < -0.4 is 5.32 Å². The third-order valence-corrected chi connectivity index (χ3v) is 2.26. The van der Waals surface area contributed by atoms with Gasteiger partial charge in [0.25, 0.3) is 0 Å². The molecule has 1 unspecified atom stereocenters. The zero-order valence-electron chi connectivity index (χ0n) is 7.80. The van der Waals surface area contributed by atoms with Crippen molar-refractivity contribution in [2.75, 3.05) is 13.7 Å².